The minimum Gasteiger partial charge on any atom is -0.340 e. The SMILES string of the molecule is Cc1ccc(CC(=O)N/N=C/c2c(C)n(Cc3ccc(Cl)cc3)c3ccccc23)c(C)c1. The number of benzene rings is 3. The Balaban J connectivity index is 1.55. The summed E-state index contributed by atoms with van der Waals surface area (Å²) in [5.41, 5.74) is 10.4. The molecule has 4 aromatic rings. The highest BCUT2D eigenvalue weighted by molar-refractivity contribution is 6.30. The number of hydrogen-bond acceptors (Lipinski definition) is 2. The molecule has 0 spiro atoms. The number of carbonyl (C=O) groups excluding carboxylic acids is 1. The zero-order chi connectivity index (χ0) is 22.7. The van der Waals surface area contributed by atoms with Crippen LogP contribution in [0.3, 0.4) is 0 Å². The van der Waals surface area contributed by atoms with Crippen LogP contribution < -0.4 is 5.43 Å². The summed E-state index contributed by atoms with van der Waals surface area (Å²) in [5.74, 6) is -0.129. The van der Waals surface area contributed by atoms with Gasteiger partial charge in [0.2, 0.25) is 5.91 Å². The van der Waals surface area contributed by atoms with Crippen LogP contribution in [0, 0.1) is 20.8 Å². The van der Waals surface area contributed by atoms with Crippen molar-refractivity contribution in [2.45, 2.75) is 33.7 Å². The van der Waals surface area contributed by atoms with Crippen molar-refractivity contribution in [2.24, 2.45) is 5.10 Å². The standard InChI is InChI=1S/C27H26ClN3O/c1-18-8-11-22(19(2)14-18)15-27(32)30-29-16-25-20(3)31(26-7-5-4-6-24(25)26)17-21-9-12-23(28)13-10-21/h4-14,16H,15,17H2,1-3H3,(H,30,32)/b29-16+. The van der Waals surface area contributed by atoms with Gasteiger partial charge in [-0.15, -0.1) is 0 Å². The van der Waals surface area contributed by atoms with E-state index in [1.54, 1.807) is 6.21 Å². The fourth-order valence-electron chi connectivity index (χ4n) is 4.02. The minimum absolute atomic E-state index is 0.129. The Kier molecular flexibility index (Phi) is 6.42. The van der Waals surface area contributed by atoms with Gasteiger partial charge in [0.05, 0.1) is 12.6 Å². The Labute approximate surface area is 193 Å². The smallest absolute Gasteiger partial charge is 0.244 e. The number of nitrogens with one attached hydrogen (secondary N) is 1. The molecular formula is C27H26ClN3O. The topological polar surface area (TPSA) is 46.4 Å². The number of carbonyl (C=O) groups is 1. The second kappa shape index (κ2) is 9.41. The number of hydrogen-bond donors (Lipinski definition) is 1. The number of rotatable bonds is 6. The Bertz CT molecular complexity index is 1300. The molecule has 3 aromatic carbocycles. The van der Waals surface area contributed by atoms with Gasteiger partial charge in [-0.3, -0.25) is 4.79 Å². The molecule has 0 atom stereocenters. The lowest BCUT2D eigenvalue weighted by Gasteiger charge is -2.09. The van der Waals surface area contributed by atoms with Crippen LogP contribution >= 0.6 is 11.6 Å². The van der Waals surface area contributed by atoms with E-state index in [0.717, 1.165) is 44.9 Å². The predicted molar refractivity (Wildman–Crippen MR) is 133 cm³/mol. The average Bonchev–Trinajstić information content (AvgIpc) is 3.03. The molecule has 1 amide bonds. The maximum absolute atomic E-state index is 12.4. The van der Waals surface area contributed by atoms with Gasteiger partial charge in [0.25, 0.3) is 0 Å². The van der Waals surface area contributed by atoms with Crippen LogP contribution in [0.5, 0.6) is 0 Å². The fraction of sp³-hybridized carbons (Fsp3) is 0.185. The zero-order valence-electron chi connectivity index (χ0n) is 18.5. The molecule has 0 saturated carbocycles. The van der Waals surface area contributed by atoms with Crippen molar-refractivity contribution in [3.05, 3.63) is 105 Å². The third-order valence-electron chi connectivity index (χ3n) is 5.77. The van der Waals surface area contributed by atoms with Crippen LogP contribution in [0.4, 0.5) is 0 Å². The number of nitrogens with zero attached hydrogens (tertiary/aromatic N) is 2. The third kappa shape index (κ3) is 4.76. The Hall–Kier alpha value is -3.37. The molecule has 162 valence electrons. The van der Waals surface area contributed by atoms with Crippen LogP contribution in [-0.4, -0.2) is 16.7 Å². The van der Waals surface area contributed by atoms with Crippen molar-refractivity contribution in [1.29, 1.82) is 0 Å². The molecule has 0 saturated heterocycles. The van der Waals surface area contributed by atoms with Crippen molar-refractivity contribution in [3.63, 3.8) is 0 Å². The zero-order valence-corrected chi connectivity index (χ0v) is 19.3. The number of aryl methyl sites for hydroxylation is 2. The van der Waals surface area contributed by atoms with E-state index in [-0.39, 0.29) is 5.91 Å². The second-order valence-corrected chi connectivity index (χ2v) is 8.57. The minimum atomic E-state index is -0.129. The third-order valence-corrected chi connectivity index (χ3v) is 6.02. The summed E-state index contributed by atoms with van der Waals surface area (Å²) >= 11 is 6.04. The first kappa shape index (κ1) is 21.8. The molecule has 0 aliphatic carbocycles. The van der Waals surface area contributed by atoms with Crippen molar-refractivity contribution < 1.29 is 4.79 Å². The number of amides is 1. The van der Waals surface area contributed by atoms with Gasteiger partial charge in [0.15, 0.2) is 0 Å². The van der Waals surface area contributed by atoms with E-state index < -0.39 is 0 Å². The molecule has 5 heteroatoms. The monoisotopic (exact) mass is 443 g/mol. The highest BCUT2D eigenvalue weighted by Gasteiger charge is 2.13. The Morgan fingerprint density at radius 2 is 1.78 bits per heavy atom. The summed E-state index contributed by atoms with van der Waals surface area (Å²) in [4.78, 5) is 12.4. The van der Waals surface area contributed by atoms with Gasteiger partial charge in [0.1, 0.15) is 0 Å². The number of aromatic nitrogens is 1. The first-order chi connectivity index (χ1) is 15.4. The molecule has 4 nitrogen and oxygen atoms in total. The van der Waals surface area contributed by atoms with Crippen LogP contribution in [-0.2, 0) is 17.8 Å². The first-order valence-electron chi connectivity index (χ1n) is 10.6. The van der Waals surface area contributed by atoms with E-state index in [9.17, 15) is 4.79 Å². The van der Waals surface area contributed by atoms with Gasteiger partial charge >= 0.3 is 0 Å². The lowest BCUT2D eigenvalue weighted by molar-refractivity contribution is -0.120. The predicted octanol–water partition coefficient (Wildman–Crippen LogP) is 5.96. The summed E-state index contributed by atoms with van der Waals surface area (Å²) in [6.45, 7) is 6.88. The lowest BCUT2D eigenvalue weighted by atomic mass is 10.0. The summed E-state index contributed by atoms with van der Waals surface area (Å²) in [5, 5.41) is 6.10. The van der Waals surface area contributed by atoms with Gasteiger partial charge in [-0.2, -0.15) is 5.10 Å². The summed E-state index contributed by atoms with van der Waals surface area (Å²) in [6.07, 6.45) is 2.05. The largest absolute Gasteiger partial charge is 0.340 e. The van der Waals surface area contributed by atoms with E-state index in [1.807, 2.05) is 62.4 Å². The molecule has 0 aliphatic heterocycles. The second-order valence-electron chi connectivity index (χ2n) is 8.13. The van der Waals surface area contributed by atoms with Gasteiger partial charge < -0.3 is 4.57 Å². The highest BCUT2D eigenvalue weighted by Crippen LogP contribution is 2.26. The molecule has 1 heterocycles. The molecule has 1 N–H and O–H groups in total. The van der Waals surface area contributed by atoms with Gasteiger partial charge in [0, 0.05) is 33.7 Å². The van der Waals surface area contributed by atoms with E-state index in [4.69, 9.17) is 11.6 Å². The van der Waals surface area contributed by atoms with Crippen LogP contribution in [0.25, 0.3) is 10.9 Å². The summed E-state index contributed by atoms with van der Waals surface area (Å²) in [7, 11) is 0. The highest BCUT2D eigenvalue weighted by atomic mass is 35.5. The number of hydrazone groups is 1. The van der Waals surface area contributed by atoms with Crippen LogP contribution in [0.1, 0.15) is 33.5 Å². The summed E-state index contributed by atoms with van der Waals surface area (Å²) < 4.78 is 2.26. The quantitative estimate of drug-likeness (QED) is 0.290. The molecule has 1 aromatic heterocycles. The first-order valence-corrected chi connectivity index (χ1v) is 11.0. The number of halogens is 1. The Morgan fingerprint density at radius 1 is 1.03 bits per heavy atom. The Morgan fingerprint density at radius 3 is 2.53 bits per heavy atom. The van der Waals surface area contributed by atoms with Gasteiger partial charge in [-0.25, -0.2) is 5.43 Å². The van der Waals surface area contributed by atoms with Gasteiger partial charge in [-0.1, -0.05) is 65.7 Å². The fourth-order valence-corrected chi connectivity index (χ4v) is 4.15. The molecule has 0 fully saturated rings. The lowest BCUT2D eigenvalue weighted by Crippen LogP contribution is -2.20. The molecule has 0 unspecified atom stereocenters. The summed E-state index contributed by atoms with van der Waals surface area (Å²) in [6, 6.07) is 22.3. The number of para-hydroxylation sites is 1. The van der Waals surface area contributed by atoms with E-state index in [1.165, 1.54) is 11.1 Å². The molecule has 32 heavy (non-hydrogen) atoms. The van der Waals surface area contributed by atoms with E-state index in [0.29, 0.717) is 6.42 Å². The van der Waals surface area contributed by atoms with E-state index in [2.05, 4.69) is 40.2 Å². The molecule has 4 rings (SSSR count). The molecule has 0 aliphatic rings. The number of fused-ring (bicyclic) bond motifs is 1. The van der Waals surface area contributed by atoms with Crippen LogP contribution in [0.2, 0.25) is 5.02 Å². The van der Waals surface area contributed by atoms with Crippen molar-refractivity contribution in [2.75, 3.05) is 0 Å². The van der Waals surface area contributed by atoms with Crippen molar-refractivity contribution >= 4 is 34.6 Å². The maximum atomic E-state index is 12.4. The average molecular weight is 444 g/mol. The molecule has 0 bridgehead atoms. The molecular weight excluding hydrogens is 418 g/mol. The van der Waals surface area contributed by atoms with Crippen molar-refractivity contribution in [1.82, 2.24) is 9.99 Å². The maximum Gasteiger partial charge on any atom is 0.244 e. The van der Waals surface area contributed by atoms with Gasteiger partial charge in [-0.05, 0) is 55.7 Å². The van der Waals surface area contributed by atoms with Crippen LogP contribution in [0.15, 0.2) is 71.8 Å². The van der Waals surface area contributed by atoms with E-state index >= 15 is 0 Å². The molecule has 0 radical (unpaired) electrons. The normalized spacial score (nSPS) is 11.4. The van der Waals surface area contributed by atoms with Crippen molar-refractivity contribution in [3.8, 4) is 0 Å².